The van der Waals surface area contributed by atoms with Gasteiger partial charge in [-0.3, -0.25) is 9.32 Å². The van der Waals surface area contributed by atoms with Gasteiger partial charge >= 0.3 is 20.2 Å². The molecule has 6 aromatic rings. The van der Waals surface area contributed by atoms with Crippen LogP contribution in [0.4, 0.5) is 0 Å². The van der Waals surface area contributed by atoms with Gasteiger partial charge in [-0.1, -0.05) is 99.6 Å². The second-order valence-electron chi connectivity index (χ2n) is 19.0. The molecule has 7 nitrogen and oxygen atoms in total. The van der Waals surface area contributed by atoms with E-state index in [9.17, 15) is 9.59 Å². The van der Waals surface area contributed by atoms with Gasteiger partial charge in [0.1, 0.15) is 17.3 Å². The zero-order chi connectivity index (χ0) is 41.2. The zero-order valence-corrected chi connectivity index (χ0v) is 36.2. The molecular weight excluding hydrogens is 768 g/mol. The summed E-state index contributed by atoms with van der Waals surface area (Å²) in [5.41, 5.74) is 2.14. The van der Waals surface area contributed by atoms with Crippen LogP contribution in [0.15, 0.2) is 112 Å². The summed E-state index contributed by atoms with van der Waals surface area (Å²) >= 11 is 0. The first-order valence-electron chi connectivity index (χ1n) is 22.3. The molecule has 0 spiro atoms. The van der Waals surface area contributed by atoms with E-state index in [4.69, 9.17) is 22.4 Å². The Hall–Kier alpha value is -4.58. The van der Waals surface area contributed by atoms with Gasteiger partial charge in [0.15, 0.2) is 0 Å². The van der Waals surface area contributed by atoms with E-state index < -0.39 is 8.24 Å². The highest BCUT2D eigenvalue weighted by atomic mass is 31.1. The normalized spacial score (nSPS) is 30.4. The minimum absolute atomic E-state index is 0.0173. The van der Waals surface area contributed by atoms with Gasteiger partial charge in [0, 0.05) is 22.6 Å². The van der Waals surface area contributed by atoms with Crippen molar-refractivity contribution in [3.05, 3.63) is 109 Å². The van der Waals surface area contributed by atoms with Crippen LogP contribution in [-0.2, 0) is 14.3 Å². The van der Waals surface area contributed by atoms with E-state index in [0.717, 1.165) is 88.4 Å². The second-order valence-corrected chi connectivity index (χ2v) is 20.0. The molecule has 0 unspecified atom stereocenters. The monoisotopic (exact) mass is 824 g/mol. The largest absolute Gasteiger partial charge is 0.469 e. The maximum Gasteiger partial charge on any atom is 0.387 e. The van der Waals surface area contributed by atoms with Crippen molar-refractivity contribution in [3.63, 3.8) is 0 Å². The number of rotatable bonds is 8. The van der Waals surface area contributed by atoms with E-state index in [-0.39, 0.29) is 35.0 Å². The van der Waals surface area contributed by atoms with Crippen molar-refractivity contribution in [2.75, 3.05) is 7.11 Å². The van der Waals surface area contributed by atoms with Crippen molar-refractivity contribution >= 4 is 63.7 Å². The molecule has 10 atom stereocenters. The van der Waals surface area contributed by atoms with Gasteiger partial charge in [-0.15, -0.1) is 0 Å². The molecule has 4 aliphatic carbocycles. The molecular formula is C52H57O7P. The molecule has 4 saturated carbocycles. The summed E-state index contributed by atoms with van der Waals surface area (Å²) < 4.78 is 32.4. The summed E-state index contributed by atoms with van der Waals surface area (Å²) in [4.78, 5) is 26.2. The van der Waals surface area contributed by atoms with E-state index in [2.05, 4.69) is 93.6 Å². The first-order chi connectivity index (χ1) is 29.2. The molecule has 0 bridgehead atoms. The van der Waals surface area contributed by atoms with Gasteiger partial charge in [-0.05, 0) is 145 Å². The lowest BCUT2D eigenvalue weighted by Crippen LogP contribution is -2.59. The third kappa shape index (κ3) is 6.66. The highest BCUT2D eigenvalue weighted by Gasteiger charge is 2.65. The highest BCUT2D eigenvalue weighted by Crippen LogP contribution is 2.69. The van der Waals surface area contributed by atoms with Crippen molar-refractivity contribution in [1.82, 2.24) is 0 Å². The van der Waals surface area contributed by atoms with E-state index in [1.165, 1.54) is 20.0 Å². The molecule has 0 aliphatic heterocycles. The Bertz CT molecular complexity index is 2520. The Morgan fingerprint density at radius 1 is 0.750 bits per heavy atom. The summed E-state index contributed by atoms with van der Waals surface area (Å²) in [6.45, 7) is 7.27. The van der Waals surface area contributed by atoms with Crippen LogP contribution in [0.3, 0.4) is 0 Å². The average Bonchev–Trinajstić information content (AvgIpc) is 3.55. The molecule has 0 N–H and O–H groups in total. The van der Waals surface area contributed by atoms with Gasteiger partial charge in [-0.25, -0.2) is 4.79 Å². The fourth-order valence-corrected chi connectivity index (χ4v) is 14.5. The number of hydrogen-bond acceptors (Lipinski definition) is 7. The van der Waals surface area contributed by atoms with Gasteiger partial charge < -0.3 is 17.9 Å². The van der Waals surface area contributed by atoms with Crippen LogP contribution >= 0.6 is 8.24 Å². The SMILES string of the molecule is COC(=O)CC[C@@H](C)[C@H]1CC[C@H]2[C@@H]3CC[C@@H]4C[C@H](Op5oc6ccc7ccccc7c6c6c(ccc7ccccc76)o5)CC[C@]4(C)[C@H]3C[C@H](OC(=O)c3ccccc3)[C@]12C. The molecule has 0 amide bonds. The van der Waals surface area contributed by atoms with Gasteiger partial charge in [0.25, 0.3) is 0 Å². The lowest BCUT2D eigenvalue weighted by molar-refractivity contribution is -0.174. The summed E-state index contributed by atoms with van der Waals surface area (Å²) in [5, 5.41) is 6.71. The standard InChI is InChI=1S/C52H57O7P/c1-32(18-27-47(53)55-4)41-23-24-42-40-22-21-36-30-37(28-29-51(36,2)43(40)31-46(52(41,42)3)56-50(54)35-14-6-5-7-15-35)57-60-58-44-25-19-33-12-8-10-16-38(33)48(44)49-39-17-11-9-13-34(39)20-26-45(49)59-60/h5-17,19-20,25-26,32,36-37,40-43,46H,18,21-24,27-31H2,1-4H3/t32-,36-,37-,40+,41-,42+,43+,46+,51+,52-/m1/s1. The van der Waals surface area contributed by atoms with Crippen LogP contribution in [0, 0.1) is 46.3 Å². The molecule has 0 saturated heterocycles. The Balaban J connectivity index is 0.951. The zero-order valence-electron chi connectivity index (χ0n) is 35.3. The lowest BCUT2D eigenvalue weighted by Gasteiger charge is -2.62. The van der Waals surface area contributed by atoms with Gasteiger partial charge in [0.2, 0.25) is 0 Å². The quantitative estimate of drug-likeness (QED) is 0.141. The Kier molecular flexibility index (Phi) is 10.4. The molecule has 0 radical (unpaired) electrons. The number of esters is 2. The molecule has 5 aromatic carbocycles. The smallest absolute Gasteiger partial charge is 0.387 e. The molecule has 1 aromatic heterocycles. The van der Waals surface area contributed by atoms with Crippen LogP contribution in [-0.4, -0.2) is 31.3 Å². The first kappa shape index (κ1) is 39.5. The number of fused-ring (bicyclic) bond motifs is 12. The average molecular weight is 825 g/mol. The van der Waals surface area contributed by atoms with E-state index >= 15 is 0 Å². The van der Waals surface area contributed by atoms with Crippen molar-refractivity contribution in [1.29, 1.82) is 0 Å². The van der Waals surface area contributed by atoms with Crippen LogP contribution < -0.4 is 4.52 Å². The van der Waals surface area contributed by atoms with Crippen LogP contribution in [0.5, 0.6) is 0 Å². The van der Waals surface area contributed by atoms with Crippen molar-refractivity contribution in [2.24, 2.45) is 46.3 Å². The molecule has 4 fully saturated rings. The summed E-state index contributed by atoms with van der Waals surface area (Å²) in [6.07, 6.45) is 9.45. The summed E-state index contributed by atoms with van der Waals surface area (Å²) in [6, 6.07) is 34.9. The third-order valence-corrected chi connectivity index (χ3v) is 17.5. The number of methoxy groups -OCH3 is 1. The third-order valence-electron chi connectivity index (χ3n) is 16.4. The predicted octanol–water partition coefficient (Wildman–Crippen LogP) is 13.5. The first-order valence-corrected chi connectivity index (χ1v) is 23.4. The molecule has 8 heteroatoms. The second kappa shape index (κ2) is 15.7. The highest BCUT2D eigenvalue weighted by molar-refractivity contribution is 7.31. The topological polar surface area (TPSA) is 88.1 Å². The molecule has 312 valence electrons. The molecule has 1 heterocycles. The summed E-state index contributed by atoms with van der Waals surface area (Å²) in [7, 11) is -0.252. The maximum absolute atomic E-state index is 13.9. The number of ether oxygens (including phenoxy) is 2. The van der Waals surface area contributed by atoms with Gasteiger partial charge in [0.05, 0.1) is 18.8 Å². The molecule has 60 heavy (non-hydrogen) atoms. The molecule has 4 aliphatic rings. The van der Waals surface area contributed by atoms with E-state index in [1.807, 2.05) is 30.3 Å². The fraction of sp³-hybridized carbons (Fsp3) is 0.462. The summed E-state index contributed by atoms with van der Waals surface area (Å²) in [5.74, 6) is 2.28. The van der Waals surface area contributed by atoms with Crippen LogP contribution in [0.25, 0.3) is 43.5 Å². The molecule has 10 rings (SSSR count). The lowest BCUT2D eigenvalue weighted by atomic mass is 9.43. The van der Waals surface area contributed by atoms with Crippen LogP contribution in [0.1, 0.15) is 95.3 Å². The van der Waals surface area contributed by atoms with Gasteiger partial charge in [-0.2, -0.15) is 0 Å². The van der Waals surface area contributed by atoms with E-state index in [1.54, 1.807) is 0 Å². The number of hydrogen-bond donors (Lipinski definition) is 0. The maximum atomic E-state index is 13.9. The number of benzene rings is 5. The minimum Gasteiger partial charge on any atom is -0.469 e. The van der Waals surface area contributed by atoms with Crippen molar-refractivity contribution < 1.29 is 32.0 Å². The Morgan fingerprint density at radius 3 is 2.07 bits per heavy atom. The fourth-order valence-electron chi connectivity index (χ4n) is 13.3. The number of carbonyl (C=O) groups is 2. The van der Waals surface area contributed by atoms with Crippen LogP contribution in [0.2, 0.25) is 0 Å². The van der Waals surface area contributed by atoms with Crippen molar-refractivity contribution in [2.45, 2.75) is 97.2 Å². The van der Waals surface area contributed by atoms with Crippen molar-refractivity contribution in [3.8, 4) is 0 Å². The minimum atomic E-state index is -1.72. The predicted molar refractivity (Wildman–Crippen MR) is 238 cm³/mol. The Labute approximate surface area is 353 Å². The van der Waals surface area contributed by atoms with E-state index in [0.29, 0.717) is 47.5 Å². The Morgan fingerprint density at radius 2 is 1.40 bits per heavy atom. The number of carbonyl (C=O) groups excluding carboxylic acids is 2.